The summed E-state index contributed by atoms with van der Waals surface area (Å²) in [5.74, 6) is 0.586. The second-order valence-electron chi connectivity index (χ2n) is 8.24. The molecule has 0 unspecified atom stereocenters. The topological polar surface area (TPSA) is 63.0 Å². The average molecular weight is 429 g/mol. The number of hydrogen-bond donors (Lipinski definition) is 1. The van der Waals surface area contributed by atoms with E-state index in [1.807, 2.05) is 42.5 Å². The number of rotatable bonds is 9. The molecule has 0 amide bonds. The predicted octanol–water partition coefficient (Wildman–Crippen LogP) is 5.83. The molecule has 0 saturated carbocycles. The molecular weight excluding hydrogens is 396 g/mol. The van der Waals surface area contributed by atoms with Crippen molar-refractivity contribution in [3.63, 3.8) is 0 Å². The normalized spacial score (nSPS) is 12.1. The van der Waals surface area contributed by atoms with Gasteiger partial charge in [0.05, 0.1) is 10.9 Å². The molecule has 0 bridgehead atoms. The highest BCUT2D eigenvalue weighted by Crippen LogP contribution is 2.19. The highest BCUT2D eigenvalue weighted by Gasteiger charge is 2.15. The third-order valence-corrected chi connectivity index (χ3v) is 5.99. The summed E-state index contributed by atoms with van der Waals surface area (Å²) in [6.07, 6.45) is 7.30. The molecule has 0 atom stereocenters. The SMILES string of the molecule is CCCCCCCCN=c1c2ccccc2n(CC)c2nc(-c3ccccc3)[nH]c(=O)c12. The Morgan fingerprint density at radius 1 is 0.906 bits per heavy atom. The Kier molecular flexibility index (Phi) is 7.15. The first-order valence-corrected chi connectivity index (χ1v) is 11.9. The molecule has 5 nitrogen and oxygen atoms in total. The largest absolute Gasteiger partial charge is 0.325 e. The molecule has 0 aliphatic rings. The van der Waals surface area contributed by atoms with Crippen molar-refractivity contribution in [3.05, 3.63) is 70.3 Å². The van der Waals surface area contributed by atoms with Crippen LogP contribution >= 0.6 is 0 Å². The third-order valence-electron chi connectivity index (χ3n) is 5.99. The lowest BCUT2D eigenvalue weighted by atomic mass is 10.1. The molecule has 0 aliphatic heterocycles. The molecule has 0 aliphatic carbocycles. The van der Waals surface area contributed by atoms with Gasteiger partial charge in [-0.15, -0.1) is 0 Å². The minimum atomic E-state index is -0.136. The van der Waals surface area contributed by atoms with Crippen molar-refractivity contribution in [1.29, 1.82) is 0 Å². The highest BCUT2D eigenvalue weighted by atomic mass is 16.1. The van der Waals surface area contributed by atoms with Crippen molar-refractivity contribution >= 4 is 21.9 Å². The maximum absolute atomic E-state index is 13.3. The van der Waals surface area contributed by atoms with Gasteiger partial charge in [0.15, 0.2) is 5.65 Å². The smallest absolute Gasteiger partial charge is 0.262 e. The van der Waals surface area contributed by atoms with E-state index in [9.17, 15) is 4.79 Å². The molecule has 4 aromatic rings. The number of aromatic nitrogens is 3. The molecule has 2 aromatic heterocycles. The number of fused-ring (bicyclic) bond motifs is 2. The molecule has 2 heterocycles. The van der Waals surface area contributed by atoms with Crippen molar-refractivity contribution in [2.45, 2.75) is 58.9 Å². The first-order chi connectivity index (χ1) is 15.7. The maximum Gasteiger partial charge on any atom is 0.262 e. The van der Waals surface area contributed by atoms with E-state index in [4.69, 9.17) is 9.98 Å². The first-order valence-electron chi connectivity index (χ1n) is 11.9. The van der Waals surface area contributed by atoms with Gasteiger partial charge in [-0.05, 0) is 19.4 Å². The van der Waals surface area contributed by atoms with Gasteiger partial charge in [-0.3, -0.25) is 9.79 Å². The molecule has 0 spiro atoms. The van der Waals surface area contributed by atoms with Crippen LogP contribution in [0.3, 0.4) is 0 Å². The molecule has 4 rings (SSSR count). The van der Waals surface area contributed by atoms with Gasteiger partial charge in [0.2, 0.25) is 0 Å². The van der Waals surface area contributed by atoms with Crippen LogP contribution in [0.25, 0.3) is 33.3 Å². The second-order valence-corrected chi connectivity index (χ2v) is 8.24. The number of unbranched alkanes of at least 4 members (excludes halogenated alkanes) is 5. The first kappa shape index (κ1) is 22.0. The van der Waals surface area contributed by atoms with E-state index >= 15 is 0 Å². The van der Waals surface area contributed by atoms with Gasteiger partial charge in [-0.1, -0.05) is 87.6 Å². The number of benzene rings is 2. The molecule has 0 fully saturated rings. The fourth-order valence-electron chi connectivity index (χ4n) is 4.33. The molecule has 1 N–H and O–H groups in total. The molecule has 166 valence electrons. The van der Waals surface area contributed by atoms with Gasteiger partial charge >= 0.3 is 0 Å². The lowest BCUT2D eigenvalue weighted by Gasteiger charge is -2.14. The minimum Gasteiger partial charge on any atom is -0.325 e. The van der Waals surface area contributed by atoms with Crippen molar-refractivity contribution in [3.8, 4) is 11.4 Å². The number of pyridine rings is 1. The van der Waals surface area contributed by atoms with E-state index in [-0.39, 0.29) is 5.56 Å². The van der Waals surface area contributed by atoms with E-state index in [0.717, 1.165) is 41.3 Å². The Hall–Kier alpha value is -3.21. The quantitative estimate of drug-likeness (QED) is 0.269. The van der Waals surface area contributed by atoms with E-state index in [2.05, 4.69) is 35.5 Å². The summed E-state index contributed by atoms with van der Waals surface area (Å²) in [6, 6.07) is 18.0. The summed E-state index contributed by atoms with van der Waals surface area (Å²) < 4.78 is 2.12. The maximum atomic E-state index is 13.3. The van der Waals surface area contributed by atoms with E-state index in [0.29, 0.717) is 16.9 Å². The number of H-pyrrole nitrogens is 1. The van der Waals surface area contributed by atoms with E-state index < -0.39 is 0 Å². The molecule has 0 saturated heterocycles. The van der Waals surface area contributed by atoms with Crippen LogP contribution in [-0.4, -0.2) is 21.1 Å². The van der Waals surface area contributed by atoms with Gasteiger partial charge in [0, 0.05) is 24.0 Å². The number of nitrogens with zero attached hydrogens (tertiary/aromatic N) is 3. The summed E-state index contributed by atoms with van der Waals surface area (Å²) in [6.45, 7) is 5.77. The summed E-state index contributed by atoms with van der Waals surface area (Å²) in [4.78, 5) is 26.2. The monoisotopic (exact) mass is 428 g/mol. The van der Waals surface area contributed by atoms with Crippen molar-refractivity contribution in [1.82, 2.24) is 14.5 Å². The number of aromatic amines is 1. The number of aryl methyl sites for hydroxylation is 1. The Balaban J connectivity index is 1.86. The van der Waals surface area contributed by atoms with Crippen molar-refractivity contribution in [2.75, 3.05) is 6.54 Å². The second kappa shape index (κ2) is 10.4. The van der Waals surface area contributed by atoms with Crippen molar-refractivity contribution in [2.24, 2.45) is 4.99 Å². The van der Waals surface area contributed by atoms with Gasteiger partial charge in [0.1, 0.15) is 11.2 Å². The Morgan fingerprint density at radius 3 is 2.41 bits per heavy atom. The molecular formula is C27H32N4O. The summed E-state index contributed by atoms with van der Waals surface area (Å²) >= 11 is 0. The summed E-state index contributed by atoms with van der Waals surface area (Å²) in [5, 5.41) is 2.35. The standard InChI is InChI=1S/C27H32N4O/c1-3-5-6-7-8-14-19-28-24-21-17-12-13-18-22(21)31(4-2)26-23(24)27(32)30-25(29-26)20-15-10-9-11-16-20/h9-13,15-18H,3-8,14,19H2,1-2H3,(H,29,30,32). The predicted molar refractivity (Wildman–Crippen MR) is 133 cm³/mol. The fraction of sp³-hybridized carbons (Fsp3) is 0.370. The lowest BCUT2D eigenvalue weighted by Crippen LogP contribution is -2.23. The molecule has 0 radical (unpaired) electrons. The zero-order valence-corrected chi connectivity index (χ0v) is 19.1. The average Bonchev–Trinajstić information content (AvgIpc) is 2.83. The molecule has 2 aromatic carbocycles. The zero-order chi connectivity index (χ0) is 22.3. The van der Waals surface area contributed by atoms with Gasteiger partial charge in [-0.25, -0.2) is 4.98 Å². The number of nitrogens with one attached hydrogen (secondary N) is 1. The third kappa shape index (κ3) is 4.52. The van der Waals surface area contributed by atoms with Crippen LogP contribution in [0, 0.1) is 0 Å². The van der Waals surface area contributed by atoms with Crippen LogP contribution < -0.4 is 10.9 Å². The Labute approximate surface area is 188 Å². The van der Waals surface area contributed by atoms with Crippen LogP contribution in [0.2, 0.25) is 0 Å². The highest BCUT2D eigenvalue weighted by molar-refractivity contribution is 5.91. The Bertz CT molecular complexity index is 1320. The minimum absolute atomic E-state index is 0.136. The Morgan fingerprint density at radius 2 is 1.62 bits per heavy atom. The van der Waals surface area contributed by atoms with Crippen LogP contribution in [0.15, 0.2) is 64.4 Å². The lowest BCUT2D eigenvalue weighted by molar-refractivity contribution is 0.610. The fourth-order valence-corrected chi connectivity index (χ4v) is 4.33. The summed E-state index contributed by atoms with van der Waals surface area (Å²) in [5.41, 5.74) is 2.51. The van der Waals surface area contributed by atoms with Gasteiger partial charge < -0.3 is 9.55 Å². The van der Waals surface area contributed by atoms with Crippen LogP contribution in [-0.2, 0) is 6.54 Å². The van der Waals surface area contributed by atoms with Crippen LogP contribution in [0.4, 0.5) is 0 Å². The van der Waals surface area contributed by atoms with Gasteiger partial charge in [0.25, 0.3) is 5.56 Å². The van der Waals surface area contributed by atoms with E-state index in [1.165, 1.54) is 32.1 Å². The number of hydrogen-bond acceptors (Lipinski definition) is 3. The van der Waals surface area contributed by atoms with Crippen LogP contribution in [0.5, 0.6) is 0 Å². The van der Waals surface area contributed by atoms with E-state index in [1.54, 1.807) is 0 Å². The zero-order valence-electron chi connectivity index (χ0n) is 19.1. The number of para-hydroxylation sites is 1. The summed E-state index contributed by atoms with van der Waals surface area (Å²) in [7, 11) is 0. The van der Waals surface area contributed by atoms with Gasteiger partial charge in [-0.2, -0.15) is 0 Å². The molecule has 32 heavy (non-hydrogen) atoms. The van der Waals surface area contributed by atoms with Crippen molar-refractivity contribution < 1.29 is 0 Å². The molecule has 5 heteroatoms. The van der Waals surface area contributed by atoms with Crippen LogP contribution in [0.1, 0.15) is 52.4 Å².